The van der Waals surface area contributed by atoms with E-state index in [2.05, 4.69) is 20.2 Å². The lowest BCUT2D eigenvalue weighted by atomic mass is 9.92. The van der Waals surface area contributed by atoms with Crippen LogP contribution in [0.5, 0.6) is 0 Å². The van der Waals surface area contributed by atoms with E-state index in [0.717, 1.165) is 69.0 Å². The highest BCUT2D eigenvalue weighted by atomic mass is 19.4. The summed E-state index contributed by atoms with van der Waals surface area (Å²) in [6, 6.07) is 7.62. The van der Waals surface area contributed by atoms with E-state index >= 15 is 0 Å². The maximum Gasteiger partial charge on any atom is 0.416 e. The molecule has 0 spiro atoms. The molecule has 3 aliphatic rings. The van der Waals surface area contributed by atoms with Crippen molar-refractivity contribution in [2.24, 2.45) is 11.8 Å². The van der Waals surface area contributed by atoms with Gasteiger partial charge in [0.1, 0.15) is 12.1 Å². The van der Waals surface area contributed by atoms with Crippen LogP contribution >= 0.6 is 0 Å². The Morgan fingerprint density at radius 2 is 1.69 bits per heavy atom. The molecule has 3 atom stereocenters. The van der Waals surface area contributed by atoms with E-state index in [1.54, 1.807) is 6.33 Å². The zero-order chi connectivity index (χ0) is 24.9. The van der Waals surface area contributed by atoms with Gasteiger partial charge in [0.15, 0.2) is 0 Å². The molecule has 2 aliphatic heterocycles. The number of piperidine rings is 1. The molecule has 1 unspecified atom stereocenters. The van der Waals surface area contributed by atoms with Gasteiger partial charge >= 0.3 is 6.18 Å². The summed E-state index contributed by atoms with van der Waals surface area (Å²) in [5.74, 6) is 3.19. The SMILES string of the molecule is Cc1cc(N2CC3CC[C@@H](C2)[C@@H]3Nc2nc3n(n2)CCCCN3c2ccc(C(F)(F)F)cc2)ncn1. The second-order valence-corrected chi connectivity index (χ2v) is 10.1. The second kappa shape index (κ2) is 8.94. The third-order valence-corrected chi connectivity index (χ3v) is 7.64. The van der Waals surface area contributed by atoms with Gasteiger partial charge in [0, 0.05) is 49.7 Å². The summed E-state index contributed by atoms with van der Waals surface area (Å²) in [7, 11) is 0. The number of anilines is 4. The Bertz CT molecular complexity index is 1210. The van der Waals surface area contributed by atoms with Gasteiger partial charge in [0.25, 0.3) is 0 Å². The lowest BCUT2D eigenvalue weighted by molar-refractivity contribution is -0.137. The van der Waals surface area contributed by atoms with Crippen molar-refractivity contribution in [2.75, 3.05) is 34.8 Å². The lowest BCUT2D eigenvalue weighted by Gasteiger charge is -2.38. The summed E-state index contributed by atoms with van der Waals surface area (Å²) < 4.78 is 41.0. The molecule has 1 aliphatic carbocycles. The Morgan fingerprint density at radius 3 is 2.39 bits per heavy atom. The summed E-state index contributed by atoms with van der Waals surface area (Å²) >= 11 is 0. The molecule has 0 amide bonds. The van der Waals surface area contributed by atoms with Crippen LogP contribution in [0.25, 0.3) is 0 Å². The Morgan fingerprint density at radius 1 is 0.972 bits per heavy atom. The van der Waals surface area contributed by atoms with E-state index in [4.69, 9.17) is 10.1 Å². The number of hydrogen-bond acceptors (Lipinski definition) is 7. The zero-order valence-electron chi connectivity index (χ0n) is 20.1. The molecule has 4 heterocycles. The molecule has 1 saturated heterocycles. The van der Waals surface area contributed by atoms with Crippen molar-refractivity contribution < 1.29 is 13.2 Å². The summed E-state index contributed by atoms with van der Waals surface area (Å²) in [6.07, 6.45) is 1.42. The van der Waals surface area contributed by atoms with E-state index in [1.807, 2.05) is 22.6 Å². The van der Waals surface area contributed by atoms with Crippen molar-refractivity contribution in [3.63, 3.8) is 0 Å². The molecular weight excluding hydrogens is 469 g/mol. The summed E-state index contributed by atoms with van der Waals surface area (Å²) in [6.45, 7) is 5.26. The summed E-state index contributed by atoms with van der Waals surface area (Å²) in [4.78, 5) is 17.9. The molecule has 1 N–H and O–H groups in total. The average molecular weight is 499 g/mol. The molecule has 2 bridgehead atoms. The summed E-state index contributed by atoms with van der Waals surface area (Å²) in [5.41, 5.74) is 1.01. The van der Waals surface area contributed by atoms with Crippen LogP contribution in [-0.4, -0.2) is 50.4 Å². The number of aromatic nitrogens is 5. The van der Waals surface area contributed by atoms with Crippen LogP contribution in [0, 0.1) is 18.8 Å². The van der Waals surface area contributed by atoms with Crippen molar-refractivity contribution in [1.29, 1.82) is 0 Å². The number of nitrogens with zero attached hydrogens (tertiary/aromatic N) is 7. The van der Waals surface area contributed by atoms with Crippen molar-refractivity contribution in [3.8, 4) is 0 Å². The van der Waals surface area contributed by atoms with Gasteiger partial charge < -0.3 is 15.1 Å². The van der Waals surface area contributed by atoms with Crippen molar-refractivity contribution in [2.45, 2.75) is 51.4 Å². The zero-order valence-corrected chi connectivity index (χ0v) is 20.1. The first-order valence-corrected chi connectivity index (χ1v) is 12.5. The lowest BCUT2D eigenvalue weighted by Crippen LogP contribution is -2.48. The predicted octanol–water partition coefficient (Wildman–Crippen LogP) is 4.65. The van der Waals surface area contributed by atoms with E-state index in [-0.39, 0.29) is 6.04 Å². The third kappa shape index (κ3) is 4.35. The van der Waals surface area contributed by atoms with Crippen molar-refractivity contribution in [3.05, 3.63) is 47.9 Å². The number of rotatable bonds is 4. The van der Waals surface area contributed by atoms with Crippen LogP contribution in [0.3, 0.4) is 0 Å². The van der Waals surface area contributed by atoms with Crippen LogP contribution in [-0.2, 0) is 12.7 Å². The Labute approximate surface area is 207 Å². The summed E-state index contributed by atoms with van der Waals surface area (Å²) in [5, 5.41) is 8.39. The molecule has 1 saturated carbocycles. The predicted molar refractivity (Wildman–Crippen MR) is 130 cm³/mol. The van der Waals surface area contributed by atoms with Crippen LogP contribution in [0.4, 0.5) is 36.6 Å². The third-order valence-electron chi connectivity index (χ3n) is 7.64. The molecule has 0 radical (unpaired) electrons. The van der Waals surface area contributed by atoms with Crippen molar-refractivity contribution >= 4 is 23.4 Å². The Balaban J connectivity index is 1.20. The second-order valence-electron chi connectivity index (χ2n) is 10.1. The van der Waals surface area contributed by atoms with Gasteiger partial charge in [-0.3, -0.25) is 0 Å². The highest BCUT2D eigenvalue weighted by molar-refractivity contribution is 5.59. The minimum Gasteiger partial charge on any atom is -0.356 e. The molecule has 190 valence electrons. The highest BCUT2D eigenvalue weighted by Gasteiger charge is 2.43. The Kier molecular flexibility index (Phi) is 5.72. The molecule has 8 nitrogen and oxygen atoms in total. The van der Waals surface area contributed by atoms with Gasteiger partial charge in [-0.15, -0.1) is 5.10 Å². The molecule has 2 aromatic heterocycles. The van der Waals surface area contributed by atoms with Gasteiger partial charge in [-0.1, -0.05) is 0 Å². The van der Waals surface area contributed by atoms with Crippen LogP contribution in [0.2, 0.25) is 0 Å². The number of nitrogens with one attached hydrogen (secondary N) is 1. The number of benzene rings is 1. The van der Waals surface area contributed by atoms with Gasteiger partial charge in [-0.2, -0.15) is 18.2 Å². The first-order chi connectivity index (χ1) is 17.3. The van der Waals surface area contributed by atoms with Crippen LogP contribution in [0.15, 0.2) is 36.7 Å². The van der Waals surface area contributed by atoms with E-state index in [1.165, 1.54) is 12.1 Å². The van der Waals surface area contributed by atoms with E-state index < -0.39 is 11.7 Å². The minimum absolute atomic E-state index is 0.287. The number of fused-ring (bicyclic) bond motifs is 3. The molecule has 11 heteroatoms. The maximum atomic E-state index is 13.0. The maximum absolute atomic E-state index is 13.0. The van der Waals surface area contributed by atoms with Crippen LogP contribution < -0.4 is 15.1 Å². The normalized spacial score (nSPS) is 23.9. The standard InChI is InChI=1S/C25H29F3N8/c1-16-12-21(30-15-29-16)34-13-17-4-5-18(14-34)22(17)31-23-32-24-35(10-2-3-11-36(24)33-23)20-8-6-19(7-9-20)25(26,27)28/h6-9,12,15,17-18,22H,2-5,10-11,13-14H2,1H3,(H,31,33)/t17-,18?,22-/m0/s1. The fraction of sp³-hybridized carbons (Fsp3) is 0.520. The smallest absolute Gasteiger partial charge is 0.356 e. The van der Waals surface area contributed by atoms with Gasteiger partial charge in [0.05, 0.1) is 5.56 Å². The molecule has 6 rings (SSSR count). The van der Waals surface area contributed by atoms with Gasteiger partial charge in [-0.25, -0.2) is 14.6 Å². The fourth-order valence-corrected chi connectivity index (χ4v) is 5.86. The molecule has 2 fully saturated rings. The van der Waals surface area contributed by atoms with E-state index in [9.17, 15) is 13.2 Å². The largest absolute Gasteiger partial charge is 0.416 e. The average Bonchev–Trinajstić information content (AvgIpc) is 3.25. The molecule has 36 heavy (non-hydrogen) atoms. The first-order valence-electron chi connectivity index (χ1n) is 12.5. The van der Waals surface area contributed by atoms with Gasteiger partial charge in [0.2, 0.25) is 11.9 Å². The monoisotopic (exact) mass is 498 g/mol. The number of aryl methyl sites for hydroxylation is 2. The minimum atomic E-state index is -4.35. The molecular formula is C25H29F3N8. The molecule has 3 aromatic rings. The van der Waals surface area contributed by atoms with Crippen molar-refractivity contribution in [1.82, 2.24) is 24.7 Å². The number of alkyl halides is 3. The Hall–Kier alpha value is -3.37. The van der Waals surface area contributed by atoms with Gasteiger partial charge in [-0.05, 0) is 68.7 Å². The molecule has 1 aromatic carbocycles. The fourth-order valence-electron chi connectivity index (χ4n) is 5.86. The number of halogens is 3. The topological polar surface area (TPSA) is 75.0 Å². The quantitative estimate of drug-likeness (QED) is 0.561. The first kappa shape index (κ1) is 23.1. The van der Waals surface area contributed by atoms with E-state index in [0.29, 0.717) is 36.0 Å². The highest BCUT2D eigenvalue weighted by Crippen LogP contribution is 2.40. The number of hydrogen-bond donors (Lipinski definition) is 1. The van der Waals surface area contributed by atoms with Crippen LogP contribution in [0.1, 0.15) is 36.9 Å².